The first-order chi connectivity index (χ1) is 15.0. The molecule has 0 spiro atoms. The Morgan fingerprint density at radius 3 is 2.48 bits per heavy atom. The number of hydrogen-bond acceptors (Lipinski definition) is 4. The molecule has 3 aromatic rings. The van der Waals surface area contributed by atoms with E-state index in [0.29, 0.717) is 5.75 Å². The van der Waals surface area contributed by atoms with E-state index in [4.69, 9.17) is 0 Å². The van der Waals surface area contributed by atoms with Crippen LogP contribution in [-0.2, 0) is 17.3 Å². The van der Waals surface area contributed by atoms with Crippen molar-refractivity contribution in [2.75, 3.05) is 24.5 Å². The SMILES string of the molecule is CCN(CCCN1c2ccccc2S(=O)c2ccc(C)c(C)c21)Cc1ccccc1O. The number of hydrogen-bond donors (Lipinski definition) is 1. The standard InChI is InChI=1S/C26H30N2O2S/c1-4-27(18-21-10-5-7-12-23(21)29)16-9-17-28-22-11-6-8-13-24(22)31(30)25-15-14-19(2)20(3)26(25)28/h5-8,10-15,29H,4,9,16-18H2,1-3H3. The van der Waals surface area contributed by atoms with E-state index in [2.05, 4.69) is 42.7 Å². The fourth-order valence-corrected chi connectivity index (χ4v) is 5.69. The van der Waals surface area contributed by atoms with Crippen LogP contribution in [-0.4, -0.2) is 33.8 Å². The molecule has 3 aromatic carbocycles. The molecule has 1 atom stereocenters. The Morgan fingerprint density at radius 1 is 0.968 bits per heavy atom. The number of aromatic hydroxyl groups is 1. The molecule has 0 aliphatic carbocycles. The summed E-state index contributed by atoms with van der Waals surface area (Å²) >= 11 is 0. The molecule has 4 nitrogen and oxygen atoms in total. The minimum absolute atomic E-state index is 0.355. The molecule has 162 valence electrons. The number of rotatable bonds is 7. The molecule has 1 unspecified atom stereocenters. The zero-order valence-electron chi connectivity index (χ0n) is 18.5. The Bertz CT molecular complexity index is 1110. The van der Waals surface area contributed by atoms with Crippen molar-refractivity contribution in [1.29, 1.82) is 0 Å². The summed E-state index contributed by atoms with van der Waals surface area (Å²) in [7, 11) is -1.15. The Morgan fingerprint density at radius 2 is 1.71 bits per heavy atom. The number of nitrogens with zero attached hydrogens (tertiary/aromatic N) is 2. The van der Waals surface area contributed by atoms with Crippen molar-refractivity contribution in [3.8, 4) is 5.75 Å². The van der Waals surface area contributed by atoms with Crippen molar-refractivity contribution in [3.63, 3.8) is 0 Å². The van der Waals surface area contributed by atoms with E-state index in [1.165, 1.54) is 11.1 Å². The van der Waals surface area contributed by atoms with Crippen LogP contribution in [0, 0.1) is 13.8 Å². The second kappa shape index (κ2) is 9.25. The highest BCUT2D eigenvalue weighted by molar-refractivity contribution is 7.85. The van der Waals surface area contributed by atoms with Gasteiger partial charge >= 0.3 is 0 Å². The highest BCUT2D eigenvalue weighted by Crippen LogP contribution is 2.44. The van der Waals surface area contributed by atoms with Crippen molar-refractivity contribution in [3.05, 3.63) is 77.4 Å². The van der Waals surface area contributed by atoms with Gasteiger partial charge in [0.25, 0.3) is 0 Å². The van der Waals surface area contributed by atoms with Gasteiger partial charge in [-0.1, -0.05) is 43.3 Å². The van der Waals surface area contributed by atoms with Crippen LogP contribution in [0.3, 0.4) is 0 Å². The number of anilines is 2. The number of phenolic OH excluding ortho intramolecular Hbond substituents is 1. The van der Waals surface area contributed by atoms with Crippen LogP contribution in [0.2, 0.25) is 0 Å². The molecule has 1 aliphatic heterocycles. The number of aryl methyl sites for hydroxylation is 1. The zero-order chi connectivity index (χ0) is 22.0. The molecule has 5 heteroatoms. The molecule has 0 saturated carbocycles. The maximum atomic E-state index is 13.2. The number of phenols is 1. The second-order valence-electron chi connectivity index (χ2n) is 8.09. The average molecular weight is 435 g/mol. The van der Waals surface area contributed by atoms with Gasteiger partial charge < -0.3 is 10.0 Å². The minimum atomic E-state index is -1.15. The lowest BCUT2D eigenvalue weighted by Gasteiger charge is -2.35. The molecule has 0 aromatic heterocycles. The van der Waals surface area contributed by atoms with Crippen molar-refractivity contribution in [2.24, 2.45) is 0 Å². The molecule has 1 aliphatic rings. The molecule has 0 bridgehead atoms. The van der Waals surface area contributed by atoms with Gasteiger partial charge in [-0.05, 0) is 62.2 Å². The highest BCUT2D eigenvalue weighted by Gasteiger charge is 2.29. The smallest absolute Gasteiger partial charge is 0.120 e. The summed E-state index contributed by atoms with van der Waals surface area (Å²) in [6, 6.07) is 19.7. The van der Waals surface area contributed by atoms with Gasteiger partial charge in [0.2, 0.25) is 0 Å². The summed E-state index contributed by atoms with van der Waals surface area (Å²) in [5.41, 5.74) is 5.52. The van der Waals surface area contributed by atoms with Crippen LogP contribution in [0.5, 0.6) is 5.75 Å². The van der Waals surface area contributed by atoms with E-state index in [-0.39, 0.29) is 0 Å². The van der Waals surface area contributed by atoms with E-state index in [1.807, 2.05) is 42.5 Å². The Kier molecular flexibility index (Phi) is 6.44. The maximum Gasteiger partial charge on any atom is 0.120 e. The molecule has 4 rings (SSSR count). The van der Waals surface area contributed by atoms with E-state index in [0.717, 1.165) is 59.3 Å². The predicted molar refractivity (Wildman–Crippen MR) is 128 cm³/mol. The molecule has 0 fully saturated rings. The predicted octanol–water partition coefficient (Wildman–Crippen LogP) is 5.54. The molecule has 0 saturated heterocycles. The number of benzene rings is 3. The van der Waals surface area contributed by atoms with E-state index < -0.39 is 10.8 Å². The van der Waals surface area contributed by atoms with Gasteiger partial charge in [-0.15, -0.1) is 0 Å². The van der Waals surface area contributed by atoms with Crippen molar-refractivity contribution < 1.29 is 9.32 Å². The second-order valence-corrected chi connectivity index (χ2v) is 9.51. The Labute approximate surface area is 187 Å². The highest BCUT2D eigenvalue weighted by atomic mass is 32.2. The third-order valence-electron chi connectivity index (χ3n) is 6.18. The van der Waals surface area contributed by atoms with E-state index >= 15 is 0 Å². The van der Waals surface area contributed by atoms with Crippen molar-refractivity contribution in [1.82, 2.24) is 4.90 Å². The lowest BCUT2D eigenvalue weighted by Crippen LogP contribution is -2.30. The lowest BCUT2D eigenvalue weighted by molar-refractivity contribution is 0.273. The Hall–Kier alpha value is -2.63. The summed E-state index contributed by atoms with van der Waals surface area (Å²) in [6.07, 6.45) is 0.967. The van der Waals surface area contributed by atoms with Crippen LogP contribution in [0.1, 0.15) is 30.0 Å². The molecule has 31 heavy (non-hydrogen) atoms. The summed E-state index contributed by atoms with van der Waals surface area (Å²) in [6.45, 7) is 9.82. The fourth-order valence-electron chi connectivity index (χ4n) is 4.26. The molecular weight excluding hydrogens is 404 g/mol. The van der Waals surface area contributed by atoms with Gasteiger partial charge in [-0.25, -0.2) is 4.21 Å². The minimum Gasteiger partial charge on any atom is -0.508 e. The van der Waals surface area contributed by atoms with Gasteiger partial charge in [-0.2, -0.15) is 0 Å². The summed E-state index contributed by atoms with van der Waals surface area (Å²) in [5.74, 6) is 0.355. The third-order valence-corrected chi connectivity index (χ3v) is 7.65. The summed E-state index contributed by atoms with van der Waals surface area (Å²) in [4.78, 5) is 6.50. The van der Waals surface area contributed by atoms with Gasteiger partial charge in [0, 0.05) is 25.2 Å². The third kappa shape index (κ3) is 4.25. The topological polar surface area (TPSA) is 43.8 Å². The van der Waals surface area contributed by atoms with Gasteiger partial charge in [-0.3, -0.25) is 4.90 Å². The van der Waals surface area contributed by atoms with E-state index in [9.17, 15) is 9.32 Å². The monoisotopic (exact) mass is 434 g/mol. The molecule has 0 radical (unpaired) electrons. The first-order valence-electron chi connectivity index (χ1n) is 10.9. The van der Waals surface area contributed by atoms with Gasteiger partial charge in [0.05, 0.1) is 32.0 Å². The summed E-state index contributed by atoms with van der Waals surface area (Å²) in [5, 5.41) is 10.1. The first-order valence-corrected chi connectivity index (χ1v) is 12.0. The lowest BCUT2D eigenvalue weighted by atomic mass is 10.1. The van der Waals surface area contributed by atoms with Crippen molar-refractivity contribution in [2.45, 2.75) is 43.5 Å². The van der Waals surface area contributed by atoms with Gasteiger partial charge in [0.1, 0.15) is 5.75 Å². The van der Waals surface area contributed by atoms with Crippen LogP contribution >= 0.6 is 0 Å². The zero-order valence-corrected chi connectivity index (χ0v) is 19.3. The van der Waals surface area contributed by atoms with Crippen LogP contribution in [0.4, 0.5) is 11.4 Å². The molecule has 1 N–H and O–H groups in total. The largest absolute Gasteiger partial charge is 0.508 e. The van der Waals surface area contributed by atoms with Crippen LogP contribution in [0.25, 0.3) is 0 Å². The molecule has 0 amide bonds. The van der Waals surface area contributed by atoms with Crippen LogP contribution < -0.4 is 4.90 Å². The summed E-state index contributed by atoms with van der Waals surface area (Å²) < 4.78 is 13.2. The fraction of sp³-hybridized carbons (Fsp3) is 0.308. The van der Waals surface area contributed by atoms with E-state index in [1.54, 1.807) is 6.07 Å². The number of fused-ring (bicyclic) bond motifs is 2. The van der Waals surface area contributed by atoms with Gasteiger partial charge in [0.15, 0.2) is 0 Å². The molecule has 1 heterocycles. The van der Waals surface area contributed by atoms with Crippen LogP contribution in [0.15, 0.2) is 70.5 Å². The Balaban J connectivity index is 1.56. The average Bonchev–Trinajstić information content (AvgIpc) is 2.78. The molecular formula is C26H30N2O2S. The number of para-hydroxylation sites is 2. The normalized spacial score (nSPS) is 15.1. The quantitative estimate of drug-likeness (QED) is 0.530. The van der Waals surface area contributed by atoms with Crippen molar-refractivity contribution >= 4 is 22.2 Å². The maximum absolute atomic E-state index is 13.2. The first kappa shape index (κ1) is 21.6.